The summed E-state index contributed by atoms with van der Waals surface area (Å²) in [7, 11) is 0. The molecule has 3 N–H and O–H groups in total. The first kappa shape index (κ1) is 29.7. The van der Waals surface area contributed by atoms with Crippen molar-refractivity contribution in [3.05, 3.63) is 80.4 Å². The van der Waals surface area contributed by atoms with Crippen LogP contribution in [-0.4, -0.2) is 42.1 Å². The Morgan fingerprint density at radius 1 is 1.10 bits per heavy atom. The van der Waals surface area contributed by atoms with Gasteiger partial charge in [0.2, 0.25) is 0 Å². The standard InChI is InChI=1S/C26H24F6N6O3/c1-12(36-17-10-35-37-23(39)19(17)26(30,31)32)6-15(27)11-38-5-4-13-7-16(20(28)21(29)18(13)24(38)40)22-33-8-14(9-34-22)25(2,3)41/h4-5,7-10,12,15,41H,6,11H2,1-3H3,(H2,36,37,39)/t12-,15-/m0/s1. The van der Waals surface area contributed by atoms with Crippen LogP contribution in [0.15, 0.2) is 46.5 Å². The zero-order valence-electron chi connectivity index (χ0n) is 21.9. The number of pyridine rings is 1. The second-order valence-electron chi connectivity index (χ2n) is 10.0. The van der Waals surface area contributed by atoms with Crippen molar-refractivity contribution in [2.24, 2.45) is 0 Å². The van der Waals surface area contributed by atoms with Crippen LogP contribution in [0.3, 0.4) is 0 Å². The first-order chi connectivity index (χ1) is 19.1. The summed E-state index contributed by atoms with van der Waals surface area (Å²) in [5.74, 6) is -3.07. The smallest absolute Gasteiger partial charge is 0.386 e. The van der Waals surface area contributed by atoms with Crippen LogP contribution in [0.4, 0.5) is 32.0 Å². The number of hydrogen-bond donors (Lipinski definition) is 3. The van der Waals surface area contributed by atoms with Crippen LogP contribution in [-0.2, 0) is 18.3 Å². The molecule has 0 aliphatic rings. The van der Waals surface area contributed by atoms with Crippen LogP contribution in [0.5, 0.6) is 0 Å². The molecule has 0 aliphatic carbocycles. The van der Waals surface area contributed by atoms with Gasteiger partial charge >= 0.3 is 6.18 Å². The Bertz CT molecular complexity index is 1700. The van der Waals surface area contributed by atoms with Gasteiger partial charge in [0.15, 0.2) is 17.5 Å². The van der Waals surface area contributed by atoms with Gasteiger partial charge in [0.25, 0.3) is 11.1 Å². The van der Waals surface area contributed by atoms with Crippen LogP contribution in [0.1, 0.15) is 38.3 Å². The summed E-state index contributed by atoms with van der Waals surface area (Å²) in [5.41, 5.74) is -5.90. The van der Waals surface area contributed by atoms with Gasteiger partial charge in [-0.05, 0) is 38.3 Å². The third-order valence-electron chi connectivity index (χ3n) is 6.29. The average Bonchev–Trinajstić information content (AvgIpc) is 2.86. The third-order valence-corrected chi connectivity index (χ3v) is 6.29. The summed E-state index contributed by atoms with van der Waals surface area (Å²) in [6.45, 7) is 3.76. The number of nitrogens with one attached hydrogen (secondary N) is 2. The molecule has 41 heavy (non-hydrogen) atoms. The summed E-state index contributed by atoms with van der Waals surface area (Å²) in [5, 5.41) is 16.8. The Kier molecular flexibility index (Phi) is 7.94. The van der Waals surface area contributed by atoms with E-state index in [2.05, 4.69) is 20.4 Å². The van der Waals surface area contributed by atoms with E-state index in [1.165, 1.54) is 51.5 Å². The fourth-order valence-corrected chi connectivity index (χ4v) is 4.25. The fraction of sp³-hybridized carbons (Fsp3) is 0.346. The van der Waals surface area contributed by atoms with Gasteiger partial charge in [-0.15, -0.1) is 0 Å². The lowest BCUT2D eigenvalue weighted by atomic mass is 10.0. The van der Waals surface area contributed by atoms with Crippen LogP contribution in [0.2, 0.25) is 0 Å². The quantitative estimate of drug-likeness (QED) is 0.265. The van der Waals surface area contributed by atoms with Crippen molar-refractivity contribution in [3.8, 4) is 11.4 Å². The van der Waals surface area contributed by atoms with E-state index < -0.39 is 76.3 Å². The highest BCUT2D eigenvalue weighted by atomic mass is 19.4. The summed E-state index contributed by atoms with van der Waals surface area (Å²) < 4.78 is 85.6. The second-order valence-corrected chi connectivity index (χ2v) is 10.0. The topological polar surface area (TPSA) is 126 Å². The highest BCUT2D eigenvalue weighted by molar-refractivity contribution is 5.86. The number of benzene rings is 1. The number of aromatic amines is 1. The Morgan fingerprint density at radius 2 is 1.76 bits per heavy atom. The van der Waals surface area contributed by atoms with E-state index in [0.29, 0.717) is 5.56 Å². The molecule has 0 bridgehead atoms. The minimum absolute atomic E-state index is 0.00207. The van der Waals surface area contributed by atoms with Crippen LogP contribution < -0.4 is 16.4 Å². The molecule has 0 saturated heterocycles. The summed E-state index contributed by atoms with van der Waals surface area (Å²) in [6, 6.07) is 1.51. The van der Waals surface area contributed by atoms with E-state index in [-0.39, 0.29) is 16.8 Å². The van der Waals surface area contributed by atoms with Gasteiger partial charge in [-0.1, -0.05) is 0 Å². The van der Waals surface area contributed by atoms with E-state index in [1.807, 2.05) is 0 Å². The van der Waals surface area contributed by atoms with E-state index in [9.17, 15) is 32.3 Å². The van der Waals surface area contributed by atoms with Crippen LogP contribution in [0.25, 0.3) is 22.2 Å². The molecule has 2 atom stereocenters. The van der Waals surface area contributed by atoms with Gasteiger partial charge < -0.3 is 15.0 Å². The molecule has 9 nitrogen and oxygen atoms in total. The Labute approximate surface area is 227 Å². The minimum Gasteiger partial charge on any atom is -0.386 e. The highest BCUT2D eigenvalue weighted by Gasteiger charge is 2.37. The molecule has 3 heterocycles. The molecular formula is C26H24F6N6O3. The number of H-pyrrole nitrogens is 1. The number of aromatic nitrogens is 5. The summed E-state index contributed by atoms with van der Waals surface area (Å²) in [6.07, 6.45) is -2.74. The van der Waals surface area contributed by atoms with Crippen molar-refractivity contribution in [1.82, 2.24) is 24.7 Å². The van der Waals surface area contributed by atoms with Gasteiger partial charge in [0, 0.05) is 36.6 Å². The maximum Gasteiger partial charge on any atom is 0.423 e. The predicted molar refractivity (Wildman–Crippen MR) is 137 cm³/mol. The molecule has 0 aliphatic heterocycles. The Hall–Kier alpha value is -4.27. The number of halogens is 6. The SMILES string of the molecule is C[C@@H](C[C@H](F)Cn1ccc2cc(-c3ncc(C(C)(C)O)cn3)c(F)c(F)c2c1=O)Nc1cn[nH]c(=O)c1C(F)(F)F. The molecular weight excluding hydrogens is 558 g/mol. The molecule has 4 rings (SSSR count). The van der Waals surface area contributed by atoms with Crippen molar-refractivity contribution >= 4 is 16.5 Å². The number of hydrogen-bond acceptors (Lipinski definition) is 7. The van der Waals surface area contributed by atoms with Crippen molar-refractivity contribution in [1.29, 1.82) is 0 Å². The molecule has 4 aromatic rings. The van der Waals surface area contributed by atoms with Crippen molar-refractivity contribution < 1.29 is 31.4 Å². The molecule has 0 saturated carbocycles. The Morgan fingerprint density at radius 3 is 2.37 bits per heavy atom. The molecule has 1 aromatic carbocycles. The number of anilines is 1. The first-order valence-electron chi connectivity index (χ1n) is 12.2. The Balaban J connectivity index is 1.56. The van der Waals surface area contributed by atoms with Gasteiger partial charge in [-0.3, -0.25) is 9.59 Å². The van der Waals surface area contributed by atoms with Crippen LogP contribution >= 0.6 is 0 Å². The maximum atomic E-state index is 15.1. The van der Waals surface area contributed by atoms with Crippen LogP contribution in [0, 0.1) is 11.6 Å². The van der Waals surface area contributed by atoms with E-state index in [1.54, 1.807) is 5.10 Å². The lowest BCUT2D eigenvalue weighted by molar-refractivity contribution is -0.138. The number of fused-ring (bicyclic) bond motifs is 1. The van der Waals surface area contributed by atoms with E-state index in [0.717, 1.165) is 10.8 Å². The van der Waals surface area contributed by atoms with Gasteiger partial charge in [-0.2, -0.15) is 18.3 Å². The van der Waals surface area contributed by atoms with Crippen molar-refractivity contribution in [3.63, 3.8) is 0 Å². The van der Waals surface area contributed by atoms with Crippen molar-refractivity contribution in [2.45, 2.75) is 57.7 Å². The molecule has 0 radical (unpaired) electrons. The van der Waals surface area contributed by atoms with Gasteiger partial charge in [0.05, 0.1) is 35.0 Å². The van der Waals surface area contributed by atoms with Gasteiger partial charge in [-0.25, -0.2) is 28.2 Å². The molecule has 0 unspecified atom stereocenters. The summed E-state index contributed by atoms with van der Waals surface area (Å²) in [4.78, 5) is 32.5. The lowest BCUT2D eigenvalue weighted by Gasteiger charge is -2.20. The first-order valence-corrected chi connectivity index (χ1v) is 12.2. The number of nitrogens with zero attached hydrogens (tertiary/aromatic N) is 4. The van der Waals surface area contributed by atoms with E-state index >= 15 is 8.78 Å². The number of alkyl halides is 4. The fourth-order valence-electron chi connectivity index (χ4n) is 4.25. The average molecular weight is 583 g/mol. The third kappa shape index (κ3) is 6.24. The molecule has 3 aromatic heterocycles. The second kappa shape index (κ2) is 11.0. The maximum absolute atomic E-state index is 15.1. The number of rotatable bonds is 8. The van der Waals surface area contributed by atoms with Gasteiger partial charge in [0.1, 0.15) is 11.7 Å². The van der Waals surface area contributed by atoms with E-state index in [4.69, 9.17) is 0 Å². The normalized spacial score (nSPS) is 13.8. The minimum atomic E-state index is -4.99. The zero-order chi connectivity index (χ0) is 30.3. The summed E-state index contributed by atoms with van der Waals surface area (Å²) >= 11 is 0. The zero-order valence-corrected chi connectivity index (χ0v) is 21.9. The van der Waals surface area contributed by atoms with Crippen molar-refractivity contribution in [2.75, 3.05) is 5.32 Å². The molecule has 0 spiro atoms. The number of aliphatic hydroxyl groups is 1. The molecule has 15 heteroatoms. The lowest BCUT2D eigenvalue weighted by Crippen LogP contribution is -2.30. The highest BCUT2D eigenvalue weighted by Crippen LogP contribution is 2.32. The predicted octanol–water partition coefficient (Wildman–Crippen LogP) is 4.30. The molecule has 218 valence electrons. The molecule has 0 fully saturated rings. The monoisotopic (exact) mass is 582 g/mol. The largest absolute Gasteiger partial charge is 0.423 e. The molecule has 0 amide bonds.